The van der Waals surface area contributed by atoms with E-state index in [1.807, 2.05) is 31.2 Å². The number of aryl methyl sites for hydroxylation is 2. The second-order valence-corrected chi connectivity index (χ2v) is 4.83. The number of hydrogen-bond donors (Lipinski definition) is 1. The number of fused-ring (bicyclic) bond motifs is 1. The van der Waals surface area contributed by atoms with Gasteiger partial charge >= 0.3 is 0 Å². The Morgan fingerprint density at radius 3 is 2.56 bits per heavy atom. The molecule has 3 heteroatoms. The van der Waals surface area contributed by atoms with Crippen molar-refractivity contribution in [2.75, 3.05) is 0 Å². The maximum atomic E-state index is 6.30. The molecule has 0 unspecified atom stereocenters. The molecular weight excluding hydrogens is 244 g/mol. The van der Waals surface area contributed by atoms with Gasteiger partial charge in [-0.25, -0.2) is 4.98 Å². The van der Waals surface area contributed by atoms with Crippen LogP contribution in [0.1, 0.15) is 11.4 Å². The second-order valence-electron chi connectivity index (χ2n) is 4.47. The standard InChI is InChI=1S/C15H13ClN2/c1-9-8-12-14(15(16)17-9)13(10(2)18-12)11-6-4-3-5-7-11/h3-8,18H,1-2H3. The van der Waals surface area contributed by atoms with Crippen LogP contribution in [0.3, 0.4) is 0 Å². The minimum Gasteiger partial charge on any atom is -0.358 e. The summed E-state index contributed by atoms with van der Waals surface area (Å²) in [6.07, 6.45) is 0. The van der Waals surface area contributed by atoms with E-state index in [0.29, 0.717) is 5.15 Å². The molecule has 2 heterocycles. The van der Waals surface area contributed by atoms with Gasteiger partial charge in [0.1, 0.15) is 5.15 Å². The fourth-order valence-electron chi connectivity index (χ4n) is 2.39. The van der Waals surface area contributed by atoms with E-state index in [-0.39, 0.29) is 0 Å². The molecule has 0 fully saturated rings. The Balaban J connectivity index is 2.40. The molecule has 0 saturated carbocycles. The van der Waals surface area contributed by atoms with Gasteiger partial charge in [-0.1, -0.05) is 41.9 Å². The van der Waals surface area contributed by atoms with Crippen LogP contribution in [0.5, 0.6) is 0 Å². The van der Waals surface area contributed by atoms with Gasteiger partial charge in [0.25, 0.3) is 0 Å². The van der Waals surface area contributed by atoms with E-state index in [9.17, 15) is 0 Å². The SMILES string of the molecule is Cc1cc2[nH]c(C)c(-c3ccccc3)c2c(Cl)n1. The number of nitrogens with one attached hydrogen (secondary N) is 1. The zero-order chi connectivity index (χ0) is 12.7. The van der Waals surface area contributed by atoms with Crippen LogP contribution in [0, 0.1) is 13.8 Å². The van der Waals surface area contributed by atoms with Crippen molar-refractivity contribution in [3.8, 4) is 11.1 Å². The highest BCUT2D eigenvalue weighted by Crippen LogP contribution is 2.35. The van der Waals surface area contributed by atoms with Gasteiger partial charge < -0.3 is 4.98 Å². The van der Waals surface area contributed by atoms with E-state index >= 15 is 0 Å². The molecule has 0 amide bonds. The van der Waals surface area contributed by atoms with Crippen molar-refractivity contribution in [2.24, 2.45) is 0 Å². The third kappa shape index (κ3) is 1.70. The van der Waals surface area contributed by atoms with Crippen LogP contribution < -0.4 is 0 Å². The molecular formula is C15H13ClN2. The van der Waals surface area contributed by atoms with Crippen molar-refractivity contribution in [3.63, 3.8) is 0 Å². The summed E-state index contributed by atoms with van der Waals surface area (Å²) in [5.41, 5.74) is 5.39. The average molecular weight is 257 g/mol. The Morgan fingerprint density at radius 1 is 1.11 bits per heavy atom. The Hall–Kier alpha value is -1.80. The first kappa shape index (κ1) is 11.3. The van der Waals surface area contributed by atoms with Crippen molar-refractivity contribution in [2.45, 2.75) is 13.8 Å². The van der Waals surface area contributed by atoms with E-state index in [1.165, 1.54) is 0 Å². The highest BCUT2D eigenvalue weighted by atomic mass is 35.5. The second kappa shape index (κ2) is 4.14. The average Bonchev–Trinajstić information content (AvgIpc) is 2.66. The number of H-pyrrole nitrogens is 1. The number of halogens is 1. The summed E-state index contributed by atoms with van der Waals surface area (Å²) >= 11 is 6.30. The fraction of sp³-hybridized carbons (Fsp3) is 0.133. The molecule has 0 radical (unpaired) electrons. The molecule has 0 saturated heterocycles. The normalized spacial score (nSPS) is 11.1. The number of nitrogens with zero attached hydrogens (tertiary/aromatic N) is 1. The quantitative estimate of drug-likeness (QED) is 0.638. The molecule has 0 spiro atoms. The van der Waals surface area contributed by atoms with E-state index in [0.717, 1.165) is 33.4 Å². The molecule has 2 nitrogen and oxygen atoms in total. The van der Waals surface area contributed by atoms with Crippen LogP contribution >= 0.6 is 11.6 Å². The van der Waals surface area contributed by atoms with Crippen LogP contribution in [0.15, 0.2) is 36.4 Å². The van der Waals surface area contributed by atoms with Crippen molar-refractivity contribution < 1.29 is 0 Å². The van der Waals surface area contributed by atoms with Gasteiger partial charge in [0.2, 0.25) is 0 Å². The van der Waals surface area contributed by atoms with Gasteiger partial charge in [-0.05, 0) is 25.5 Å². The molecule has 0 aliphatic carbocycles. The molecule has 1 aromatic carbocycles. The van der Waals surface area contributed by atoms with E-state index in [1.54, 1.807) is 0 Å². The van der Waals surface area contributed by atoms with Gasteiger partial charge in [-0.15, -0.1) is 0 Å². The zero-order valence-electron chi connectivity index (χ0n) is 10.3. The van der Waals surface area contributed by atoms with Gasteiger partial charge in [0.15, 0.2) is 0 Å². The van der Waals surface area contributed by atoms with E-state index < -0.39 is 0 Å². The van der Waals surface area contributed by atoms with Crippen molar-refractivity contribution >= 4 is 22.5 Å². The first-order chi connectivity index (χ1) is 8.66. The minimum absolute atomic E-state index is 0.563. The summed E-state index contributed by atoms with van der Waals surface area (Å²) in [7, 11) is 0. The number of rotatable bonds is 1. The van der Waals surface area contributed by atoms with E-state index in [2.05, 4.69) is 29.0 Å². The summed E-state index contributed by atoms with van der Waals surface area (Å²) in [5, 5.41) is 1.57. The highest BCUT2D eigenvalue weighted by molar-refractivity contribution is 6.35. The molecule has 3 rings (SSSR count). The lowest BCUT2D eigenvalue weighted by molar-refractivity contribution is 1.22. The third-order valence-corrected chi connectivity index (χ3v) is 3.39. The van der Waals surface area contributed by atoms with Gasteiger partial charge in [0.05, 0.1) is 5.52 Å². The predicted molar refractivity (Wildman–Crippen MR) is 76.0 cm³/mol. The predicted octanol–water partition coefficient (Wildman–Crippen LogP) is 4.50. The minimum atomic E-state index is 0.563. The summed E-state index contributed by atoms with van der Waals surface area (Å²) < 4.78 is 0. The third-order valence-electron chi connectivity index (χ3n) is 3.11. The topological polar surface area (TPSA) is 28.7 Å². The molecule has 18 heavy (non-hydrogen) atoms. The molecule has 0 atom stereocenters. The molecule has 2 aromatic heterocycles. The highest BCUT2D eigenvalue weighted by Gasteiger charge is 2.14. The van der Waals surface area contributed by atoms with Gasteiger partial charge in [0, 0.05) is 22.3 Å². The lowest BCUT2D eigenvalue weighted by Crippen LogP contribution is -1.84. The Morgan fingerprint density at radius 2 is 1.83 bits per heavy atom. The largest absolute Gasteiger partial charge is 0.358 e. The zero-order valence-corrected chi connectivity index (χ0v) is 11.0. The lowest BCUT2D eigenvalue weighted by Gasteiger charge is -2.03. The van der Waals surface area contributed by atoms with Crippen LogP contribution in [0.4, 0.5) is 0 Å². The number of benzene rings is 1. The smallest absolute Gasteiger partial charge is 0.139 e. The summed E-state index contributed by atoms with van der Waals surface area (Å²) in [6.45, 7) is 4.01. The van der Waals surface area contributed by atoms with Gasteiger partial charge in [-0.3, -0.25) is 0 Å². The molecule has 0 bridgehead atoms. The van der Waals surface area contributed by atoms with Crippen molar-refractivity contribution in [3.05, 3.63) is 52.9 Å². The number of hydrogen-bond acceptors (Lipinski definition) is 1. The van der Waals surface area contributed by atoms with Crippen molar-refractivity contribution in [1.29, 1.82) is 0 Å². The van der Waals surface area contributed by atoms with Crippen LogP contribution in [-0.4, -0.2) is 9.97 Å². The van der Waals surface area contributed by atoms with Gasteiger partial charge in [-0.2, -0.15) is 0 Å². The summed E-state index contributed by atoms with van der Waals surface area (Å²) in [4.78, 5) is 7.73. The Kier molecular flexibility index (Phi) is 2.60. The molecule has 1 N–H and O–H groups in total. The molecule has 0 aliphatic heterocycles. The molecule has 0 aliphatic rings. The molecule has 90 valence electrons. The van der Waals surface area contributed by atoms with E-state index in [4.69, 9.17) is 11.6 Å². The number of pyridine rings is 1. The Labute approximate surface area is 111 Å². The van der Waals surface area contributed by atoms with Crippen LogP contribution in [0.2, 0.25) is 5.15 Å². The van der Waals surface area contributed by atoms with Crippen LogP contribution in [-0.2, 0) is 0 Å². The monoisotopic (exact) mass is 256 g/mol. The van der Waals surface area contributed by atoms with Crippen LogP contribution in [0.25, 0.3) is 22.0 Å². The maximum Gasteiger partial charge on any atom is 0.139 e. The maximum absolute atomic E-state index is 6.30. The number of aromatic amines is 1. The Bertz CT molecular complexity index is 714. The van der Waals surface area contributed by atoms with Crippen molar-refractivity contribution in [1.82, 2.24) is 9.97 Å². The fourth-order valence-corrected chi connectivity index (χ4v) is 2.72. The first-order valence-electron chi connectivity index (χ1n) is 5.87. The summed E-state index contributed by atoms with van der Waals surface area (Å²) in [5.74, 6) is 0. The number of aromatic nitrogens is 2. The first-order valence-corrected chi connectivity index (χ1v) is 6.25. The summed E-state index contributed by atoms with van der Waals surface area (Å²) in [6, 6.07) is 12.3. The molecule has 3 aromatic rings. The lowest BCUT2D eigenvalue weighted by atomic mass is 10.0.